The van der Waals surface area contributed by atoms with Crippen LogP contribution < -0.4 is 20.2 Å². The molecule has 2 aromatic rings. The molecule has 0 spiro atoms. The summed E-state index contributed by atoms with van der Waals surface area (Å²) in [6.07, 6.45) is 2.89. The number of ether oxygens (including phenoxy) is 2. The zero-order valence-corrected chi connectivity index (χ0v) is 16.5. The highest BCUT2D eigenvalue weighted by Crippen LogP contribution is 2.23. The van der Waals surface area contributed by atoms with Gasteiger partial charge in [0.05, 0.1) is 20.4 Å². The van der Waals surface area contributed by atoms with Gasteiger partial charge in [0, 0.05) is 11.3 Å². The van der Waals surface area contributed by atoms with Gasteiger partial charge in [-0.3, -0.25) is 9.59 Å². The fourth-order valence-corrected chi connectivity index (χ4v) is 2.72. The number of hydrogen-bond acceptors (Lipinski definition) is 5. The van der Waals surface area contributed by atoms with Gasteiger partial charge in [-0.05, 0) is 42.2 Å². The number of carbonyl (C=O) groups excluding carboxylic acids is 2. The summed E-state index contributed by atoms with van der Waals surface area (Å²) < 4.78 is 10.4. The first-order chi connectivity index (χ1) is 13.5. The van der Waals surface area contributed by atoms with Crippen molar-refractivity contribution in [2.24, 2.45) is 5.10 Å². The number of nitrogens with one attached hydrogen (secondary N) is 2. The normalized spacial score (nSPS) is 10.6. The van der Waals surface area contributed by atoms with Gasteiger partial charge < -0.3 is 14.8 Å². The summed E-state index contributed by atoms with van der Waals surface area (Å²) in [6, 6.07) is 11.0. The van der Waals surface area contributed by atoms with Crippen LogP contribution >= 0.6 is 0 Å². The van der Waals surface area contributed by atoms with E-state index in [-0.39, 0.29) is 0 Å². The van der Waals surface area contributed by atoms with Gasteiger partial charge in [0.1, 0.15) is 11.5 Å². The highest BCUT2D eigenvalue weighted by atomic mass is 16.5. The molecule has 2 N–H and O–H groups in total. The minimum Gasteiger partial charge on any atom is -0.497 e. The number of para-hydroxylation sites is 1. The number of hydrogen-bond donors (Lipinski definition) is 2. The number of anilines is 1. The molecule has 0 heterocycles. The highest BCUT2D eigenvalue weighted by Gasteiger charge is 2.16. The largest absolute Gasteiger partial charge is 0.497 e. The molecule has 0 atom stereocenters. The quantitative estimate of drug-likeness (QED) is 0.437. The van der Waals surface area contributed by atoms with Crippen LogP contribution in [0.1, 0.15) is 30.5 Å². The summed E-state index contributed by atoms with van der Waals surface area (Å²) in [5.41, 5.74) is 5.48. The van der Waals surface area contributed by atoms with Crippen LogP contribution in [0.3, 0.4) is 0 Å². The van der Waals surface area contributed by atoms with Gasteiger partial charge in [0.2, 0.25) is 0 Å². The minimum atomic E-state index is -0.855. The molecule has 0 fully saturated rings. The average molecular weight is 383 g/mol. The summed E-state index contributed by atoms with van der Waals surface area (Å²) in [5, 5.41) is 6.55. The Kier molecular flexibility index (Phi) is 7.56. The van der Waals surface area contributed by atoms with Crippen molar-refractivity contribution >= 4 is 23.7 Å². The number of carbonyl (C=O) groups is 2. The van der Waals surface area contributed by atoms with Crippen LogP contribution in [0, 0.1) is 0 Å². The lowest BCUT2D eigenvalue weighted by atomic mass is 10.0. The molecule has 0 saturated heterocycles. The smallest absolute Gasteiger partial charge is 0.329 e. The van der Waals surface area contributed by atoms with Crippen LogP contribution in [0.15, 0.2) is 41.5 Å². The standard InChI is InChI=1S/C21H25N3O4/c1-5-14-8-7-9-15(6-2)19(14)23-20(25)21(26)24-22-13-16-12-17(27-3)10-11-18(16)28-4/h7-13H,5-6H2,1-4H3,(H,23,25)(H,24,26). The Morgan fingerprint density at radius 2 is 1.68 bits per heavy atom. The lowest BCUT2D eigenvalue weighted by molar-refractivity contribution is -0.136. The number of nitrogens with zero attached hydrogens (tertiary/aromatic N) is 1. The molecule has 0 aliphatic rings. The molecule has 2 rings (SSSR count). The van der Waals surface area contributed by atoms with Gasteiger partial charge in [0.15, 0.2) is 0 Å². The van der Waals surface area contributed by atoms with Crippen molar-refractivity contribution in [1.82, 2.24) is 5.43 Å². The fourth-order valence-electron chi connectivity index (χ4n) is 2.72. The summed E-state index contributed by atoms with van der Waals surface area (Å²) in [6.45, 7) is 3.99. The SMILES string of the molecule is CCc1cccc(CC)c1NC(=O)C(=O)NN=Cc1cc(OC)ccc1OC. The topological polar surface area (TPSA) is 89.0 Å². The Balaban J connectivity index is 2.08. The molecule has 7 nitrogen and oxygen atoms in total. The predicted molar refractivity (Wildman–Crippen MR) is 109 cm³/mol. The van der Waals surface area contributed by atoms with E-state index in [1.165, 1.54) is 13.3 Å². The lowest BCUT2D eigenvalue weighted by Crippen LogP contribution is -2.33. The van der Waals surface area contributed by atoms with Crippen LogP contribution in [0.4, 0.5) is 5.69 Å². The van der Waals surface area contributed by atoms with Crippen LogP contribution in [0.5, 0.6) is 11.5 Å². The van der Waals surface area contributed by atoms with Crippen LogP contribution in [-0.4, -0.2) is 32.2 Å². The summed E-state index contributed by atoms with van der Waals surface area (Å²) in [5.74, 6) is -0.446. The van der Waals surface area contributed by atoms with E-state index in [1.807, 2.05) is 32.0 Å². The van der Waals surface area contributed by atoms with Crippen LogP contribution in [0.25, 0.3) is 0 Å². The monoisotopic (exact) mass is 383 g/mol. The van der Waals surface area contributed by atoms with Gasteiger partial charge >= 0.3 is 11.8 Å². The average Bonchev–Trinajstić information content (AvgIpc) is 2.73. The van der Waals surface area contributed by atoms with E-state index in [9.17, 15) is 9.59 Å². The van der Waals surface area contributed by atoms with E-state index in [4.69, 9.17) is 9.47 Å². The predicted octanol–water partition coefficient (Wildman–Crippen LogP) is 2.92. The molecule has 0 aliphatic carbocycles. The molecule has 7 heteroatoms. The molecule has 0 aliphatic heterocycles. The Morgan fingerprint density at radius 3 is 2.25 bits per heavy atom. The molecular weight excluding hydrogens is 358 g/mol. The van der Waals surface area contributed by atoms with Gasteiger partial charge in [-0.15, -0.1) is 0 Å². The molecule has 0 unspecified atom stereocenters. The Hall–Kier alpha value is -3.35. The van der Waals surface area contributed by atoms with Crippen molar-refractivity contribution in [2.75, 3.05) is 19.5 Å². The van der Waals surface area contributed by atoms with Crippen molar-refractivity contribution in [3.63, 3.8) is 0 Å². The number of amides is 2. The Labute approximate surface area is 164 Å². The molecule has 0 saturated carbocycles. The van der Waals surface area contributed by atoms with Crippen molar-refractivity contribution in [3.8, 4) is 11.5 Å². The second-order valence-electron chi connectivity index (χ2n) is 5.92. The first-order valence-corrected chi connectivity index (χ1v) is 9.01. The molecule has 0 aromatic heterocycles. The maximum Gasteiger partial charge on any atom is 0.329 e. The number of hydrazone groups is 1. The molecule has 28 heavy (non-hydrogen) atoms. The first-order valence-electron chi connectivity index (χ1n) is 9.01. The third kappa shape index (κ3) is 5.09. The zero-order valence-electron chi connectivity index (χ0n) is 16.5. The molecule has 2 amide bonds. The Bertz CT molecular complexity index is 856. The second-order valence-corrected chi connectivity index (χ2v) is 5.92. The Morgan fingerprint density at radius 1 is 1.00 bits per heavy atom. The maximum absolute atomic E-state index is 12.3. The van der Waals surface area contributed by atoms with Gasteiger partial charge in [0.25, 0.3) is 0 Å². The molecule has 0 bridgehead atoms. The van der Waals surface area contributed by atoms with E-state index in [2.05, 4.69) is 15.8 Å². The van der Waals surface area contributed by atoms with Crippen molar-refractivity contribution in [1.29, 1.82) is 0 Å². The molecular formula is C21H25N3O4. The van der Waals surface area contributed by atoms with Crippen LogP contribution in [0.2, 0.25) is 0 Å². The van der Waals surface area contributed by atoms with E-state index < -0.39 is 11.8 Å². The third-order valence-corrected chi connectivity index (χ3v) is 4.25. The number of aryl methyl sites for hydroxylation is 2. The second kappa shape index (κ2) is 10.1. The number of benzene rings is 2. The van der Waals surface area contributed by atoms with E-state index >= 15 is 0 Å². The molecule has 148 valence electrons. The van der Waals surface area contributed by atoms with Gasteiger partial charge in [-0.2, -0.15) is 5.10 Å². The van der Waals surface area contributed by atoms with E-state index in [0.29, 0.717) is 22.7 Å². The number of methoxy groups -OCH3 is 2. The highest BCUT2D eigenvalue weighted by molar-refractivity contribution is 6.39. The van der Waals surface area contributed by atoms with Crippen molar-refractivity contribution < 1.29 is 19.1 Å². The van der Waals surface area contributed by atoms with E-state index in [1.54, 1.807) is 25.3 Å². The van der Waals surface area contributed by atoms with Gasteiger partial charge in [-0.25, -0.2) is 5.43 Å². The minimum absolute atomic E-state index is 0.563. The lowest BCUT2D eigenvalue weighted by Gasteiger charge is -2.13. The first kappa shape index (κ1) is 21.0. The van der Waals surface area contributed by atoms with E-state index in [0.717, 1.165) is 24.0 Å². The number of rotatable bonds is 7. The van der Waals surface area contributed by atoms with Gasteiger partial charge in [-0.1, -0.05) is 32.0 Å². The summed E-state index contributed by atoms with van der Waals surface area (Å²) in [4.78, 5) is 24.4. The maximum atomic E-state index is 12.3. The fraction of sp³-hybridized carbons (Fsp3) is 0.286. The molecule has 2 aromatic carbocycles. The third-order valence-electron chi connectivity index (χ3n) is 4.25. The van der Waals surface area contributed by atoms with Crippen LogP contribution in [-0.2, 0) is 22.4 Å². The molecule has 0 radical (unpaired) electrons. The van der Waals surface area contributed by atoms with Crippen molar-refractivity contribution in [2.45, 2.75) is 26.7 Å². The zero-order chi connectivity index (χ0) is 20.5. The summed E-state index contributed by atoms with van der Waals surface area (Å²) >= 11 is 0. The summed E-state index contributed by atoms with van der Waals surface area (Å²) in [7, 11) is 3.08. The van der Waals surface area contributed by atoms with Crippen molar-refractivity contribution in [3.05, 3.63) is 53.1 Å².